The molecule has 154 valence electrons. The summed E-state index contributed by atoms with van der Waals surface area (Å²) in [6, 6.07) is 2.78. The van der Waals surface area contributed by atoms with Crippen LogP contribution in [0.1, 0.15) is 43.9 Å². The highest BCUT2D eigenvalue weighted by molar-refractivity contribution is 7.86. The second-order valence-electron chi connectivity index (χ2n) is 6.02. The maximum atomic E-state index is 11.7. The number of hydrogen-bond acceptors (Lipinski definition) is 8. The molecule has 28 heavy (non-hydrogen) atoms. The van der Waals surface area contributed by atoms with Crippen molar-refractivity contribution in [2.45, 2.75) is 49.3 Å². The lowest BCUT2D eigenvalue weighted by molar-refractivity contribution is 0.477. The van der Waals surface area contributed by atoms with Crippen molar-refractivity contribution >= 4 is 26.2 Å². The van der Waals surface area contributed by atoms with Gasteiger partial charge in [-0.2, -0.15) is 26.8 Å². The van der Waals surface area contributed by atoms with Gasteiger partial charge in [0.2, 0.25) is 5.95 Å². The van der Waals surface area contributed by atoms with Gasteiger partial charge in [0.1, 0.15) is 11.6 Å². The second kappa shape index (κ2) is 8.90. The molecule has 1 aromatic heterocycles. The van der Waals surface area contributed by atoms with E-state index in [1.807, 2.05) is 13.8 Å². The summed E-state index contributed by atoms with van der Waals surface area (Å²) in [5.41, 5.74) is -0.0623. The van der Waals surface area contributed by atoms with Crippen molar-refractivity contribution in [1.29, 1.82) is 0 Å². The lowest BCUT2D eigenvalue weighted by Gasteiger charge is -2.11. The molecule has 1 heterocycles. The first-order valence-corrected chi connectivity index (χ1v) is 11.5. The first-order valence-electron chi connectivity index (χ1n) is 8.60. The van der Waals surface area contributed by atoms with Gasteiger partial charge in [0.25, 0.3) is 20.2 Å². The van der Waals surface area contributed by atoms with E-state index in [4.69, 9.17) is 0 Å². The summed E-state index contributed by atoms with van der Waals surface area (Å²) < 4.78 is 64.8. The lowest BCUT2D eigenvalue weighted by atomic mass is 10.1. The van der Waals surface area contributed by atoms with Gasteiger partial charge in [-0.1, -0.05) is 13.3 Å². The molecule has 1 aromatic carbocycles. The van der Waals surface area contributed by atoms with Crippen molar-refractivity contribution in [3.05, 3.63) is 35.4 Å². The fourth-order valence-corrected chi connectivity index (χ4v) is 3.74. The van der Waals surface area contributed by atoms with Crippen LogP contribution in [0.25, 0.3) is 0 Å². The van der Waals surface area contributed by atoms with Gasteiger partial charge < -0.3 is 5.32 Å². The second-order valence-corrected chi connectivity index (χ2v) is 8.83. The van der Waals surface area contributed by atoms with Gasteiger partial charge in [-0.3, -0.25) is 9.11 Å². The molecule has 2 aromatic rings. The van der Waals surface area contributed by atoms with E-state index in [0.29, 0.717) is 24.7 Å². The van der Waals surface area contributed by atoms with E-state index in [1.54, 1.807) is 0 Å². The van der Waals surface area contributed by atoms with E-state index in [1.165, 1.54) is 0 Å². The van der Waals surface area contributed by atoms with Gasteiger partial charge in [0.15, 0.2) is 0 Å². The van der Waals surface area contributed by atoms with Crippen LogP contribution in [0.3, 0.4) is 0 Å². The van der Waals surface area contributed by atoms with E-state index < -0.39 is 30.0 Å². The van der Waals surface area contributed by atoms with Crippen LogP contribution in [0, 0.1) is 0 Å². The van der Waals surface area contributed by atoms with Crippen LogP contribution in [0.5, 0.6) is 0 Å². The molecular weight excluding hydrogens is 408 g/mol. The number of benzene rings is 1. The Bertz CT molecular complexity index is 1050. The summed E-state index contributed by atoms with van der Waals surface area (Å²) in [4.78, 5) is 11.8. The zero-order valence-corrected chi connectivity index (χ0v) is 17.1. The van der Waals surface area contributed by atoms with Gasteiger partial charge in [-0.15, -0.1) is 0 Å². The number of nitrogens with zero attached hydrogens (tertiary/aromatic N) is 3. The molecule has 2 rings (SSSR count). The van der Waals surface area contributed by atoms with E-state index in [2.05, 4.69) is 20.3 Å². The summed E-state index contributed by atoms with van der Waals surface area (Å²) in [5, 5.41) is 2.97. The number of rotatable bonds is 9. The molecule has 0 saturated heterocycles. The topological polar surface area (TPSA) is 159 Å². The molecule has 0 fully saturated rings. The molecule has 0 bridgehead atoms. The van der Waals surface area contributed by atoms with Crippen LogP contribution < -0.4 is 5.32 Å². The van der Waals surface area contributed by atoms with Crippen molar-refractivity contribution in [1.82, 2.24) is 15.0 Å². The predicted octanol–water partition coefficient (Wildman–Crippen LogP) is 1.73. The normalized spacial score (nSPS) is 12.1. The van der Waals surface area contributed by atoms with Crippen molar-refractivity contribution < 1.29 is 25.9 Å². The molecule has 0 unspecified atom stereocenters. The number of unbranched alkanes of at least 4 members (excludes halogenated alkanes) is 1. The average molecular weight is 431 g/mol. The third kappa shape index (κ3) is 5.92. The smallest absolute Gasteiger partial charge is 0.294 e. The zero-order valence-electron chi connectivity index (χ0n) is 15.5. The van der Waals surface area contributed by atoms with Crippen LogP contribution >= 0.6 is 0 Å². The van der Waals surface area contributed by atoms with E-state index in [0.717, 1.165) is 31.0 Å². The fourth-order valence-electron chi connectivity index (χ4n) is 2.51. The molecule has 0 amide bonds. The molecule has 0 aliphatic heterocycles. The molecule has 0 spiro atoms. The molecule has 10 nitrogen and oxygen atoms in total. The number of anilines is 1. The third-order valence-corrected chi connectivity index (χ3v) is 5.58. The van der Waals surface area contributed by atoms with Crippen molar-refractivity contribution in [2.75, 3.05) is 11.9 Å². The fraction of sp³-hybridized carbons (Fsp3) is 0.438. The summed E-state index contributed by atoms with van der Waals surface area (Å²) in [7, 11) is -9.18. The first-order chi connectivity index (χ1) is 13.0. The monoisotopic (exact) mass is 430 g/mol. The molecule has 0 radical (unpaired) electrons. The van der Waals surface area contributed by atoms with Crippen LogP contribution in [0.2, 0.25) is 0 Å². The molecule has 3 N–H and O–H groups in total. The van der Waals surface area contributed by atoms with Crippen LogP contribution in [-0.2, 0) is 33.1 Å². The Labute approximate surface area is 164 Å². The van der Waals surface area contributed by atoms with Crippen molar-refractivity contribution in [2.24, 2.45) is 0 Å². The van der Waals surface area contributed by atoms with E-state index in [-0.39, 0.29) is 17.8 Å². The Kier molecular flexibility index (Phi) is 7.04. The maximum Gasteiger partial charge on any atom is 0.294 e. The SMILES string of the molecule is CCCCc1nc(Cc2cc(S(=O)(=O)O)ccc2S(=O)(=O)O)nc(NCC)n1. The Hall–Kier alpha value is -2.15. The molecule has 12 heteroatoms. The minimum atomic E-state index is -4.62. The van der Waals surface area contributed by atoms with Crippen LogP contribution in [0.4, 0.5) is 5.95 Å². The Morgan fingerprint density at radius 3 is 2.21 bits per heavy atom. The summed E-state index contributed by atoms with van der Waals surface area (Å²) in [6.45, 7) is 4.44. The predicted molar refractivity (Wildman–Crippen MR) is 101 cm³/mol. The largest absolute Gasteiger partial charge is 0.354 e. The minimum absolute atomic E-state index is 0.0623. The van der Waals surface area contributed by atoms with E-state index >= 15 is 0 Å². The third-order valence-electron chi connectivity index (χ3n) is 3.77. The van der Waals surface area contributed by atoms with Crippen LogP contribution in [-0.4, -0.2) is 47.4 Å². The first kappa shape index (κ1) is 22.1. The number of nitrogens with one attached hydrogen (secondary N) is 1. The van der Waals surface area contributed by atoms with Crippen molar-refractivity contribution in [3.63, 3.8) is 0 Å². The molecule has 0 aliphatic rings. The standard InChI is InChI=1S/C16H22N4O6S2/c1-3-5-6-14-18-15(20-16(19-14)17-4-2)10-11-9-12(27(21,22)23)7-8-13(11)28(24,25)26/h7-9H,3-6,10H2,1-2H3,(H,21,22,23)(H,24,25,26)(H,17,18,19,20). The van der Waals surface area contributed by atoms with Gasteiger partial charge in [0, 0.05) is 19.4 Å². The van der Waals surface area contributed by atoms with Crippen molar-refractivity contribution in [3.8, 4) is 0 Å². The Morgan fingerprint density at radius 2 is 1.64 bits per heavy atom. The zero-order chi connectivity index (χ0) is 20.9. The molecular formula is C16H22N4O6S2. The Balaban J connectivity index is 2.54. The van der Waals surface area contributed by atoms with Gasteiger partial charge in [-0.05, 0) is 37.1 Å². The highest BCUT2D eigenvalue weighted by Crippen LogP contribution is 2.22. The molecule has 0 aliphatic carbocycles. The van der Waals surface area contributed by atoms with Crippen LogP contribution in [0.15, 0.2) is 28.0 Å². The summed E-state index contributed by atoms with van der Waals surface area (Å²) in [5.74, 6) is 1.04. The maximum absolute atomic E-state index is 11.7. The highest BCUT2D eigenvalue weighted by atomic mass is 32.2. The quantitative estimate of drug-likeness (QED) is 0.500. The van der Waals surface area contributed by atoms with Gasteiger partial charge >= 0.3 is 0 Å². The number of aromatic nitrogens is 3. The Morgan fingerprint density at radius 1 is 0.964 bits per heavy atom. The number of hydrogen-bond donors (Lipinski definition) is 3. The lowest BCUT2D eigenvalue weighted by Crippen LogP contribution is -2.12. The summed E-state index contributed by atoms with van der Waals surface area (Å²) >= 11 is 0. The average Bonchev–Trinajstić information content (AvgIpc) is 2.58. The molecule has 0 atom stereocenters. The number of aryl methyl sites for hydroxylation is 1. The van der Waals surface area contributed by atoms with Gasteiger partial charge in [0.05, 0.1) is 9.79 Å². The highest BCUT2D eigenvalue weighted by Gasteiger charge is 2.21. The minimum Gasteiger partial charge on any atom is -0.354 e. The summed E-state index contributed by atoms with van der Waals surface area (Å²) in [6.07, 6.45) is 2.20. The van der Waals surface area contributed by atoms with Gasteiger partial charge in [-0.25, -0.2) is 4.98 Å². The van der Waals surface area contributed by atoms with E-state index in [9.17, 15) is 25.9 Å². The molecule has 0 saturated carbocycles.